The lowest BCUT2D eigenvalue weighted by atomic mass is 9.99. The Morgan fingerprint density at radius 3 is 2.86 bits per heavy atom. The summed E-state index contributed by atoms with van der Waals surface area (Å²) in [4.78, 5) is 2.36. The first kappa shape index (κ1) is 14.0. The van der Waals surface area contributed by atoms with Gasteiger partial charge in [0.25, 0.3) is 0 Å². The van der Waals surface area contributed by atoms with Crippen LogP contribution in [0.5, 0.6) is 0 Å². The van der Waals surface area contributed by atoms with E-state index >= 15 is 0 Å². The Labute approximate surface area is 127 Å². The van der Waals surface area contributed by atoms with Crippen molar-refractivity contribution in [2.45, 2.75) is 32.7 Å². The summed E-state index contributed by atoms with van der Waals surface area (Å²) >= 11 is 0. The van der Waals surface area contributed by atoms with Crippen molar-refractivity contribution in [1.29, 1.82) is 0 Å². The summed E-state index contributed by atoms with van der Waals surface area (Å²) in [5, 5.41) is 3.58. The Kier molecular flexibility index (Phi) is 4.14. The molecule has 0 fully saturated rings. The molecule has 1 heterocycles. The average molecular weight is 280 g/mol. The van der Waals surface area contributed by atoms with E-state index in [0.29, 0.717) is 0 Å². The van der Waals surface area contributed by atoms with Crippen molar-refractivity contribution >= 4 is 11.4 Å². The summed E-state index contributed by atoms with van der Waals surface area (Å²) in [5.41, 5.74) is 6.91. The van der Waals surface area contributed by atoms with Gasteiger partial charge in [-0.05, 0) is 48.1 Å². The van der Waals surface area contributed by atoms with E-state index in [2.05, 4.69) is 66.7 Å². The van der Waals surface area contributed by atoms with Crippen molar-refractivity contribution in [3.63, 3.8) is 0 Å². The van der Waals surface area contributed by atoms with Crippen LogP contribution in [0.2, 0.25) is 0 Å². The van der Waals surface area contributed by atoms with Crippen molar-refractivity contribution in [1.82, 2.24) is 0 Å². The monoisotopic (exact) mass is 280 g/mol. The van der Waals surface area contributed by atoms with Gasteiger partial charge in [-0.3, -0.25) is 0 Å². The summed E-state index contributed by atoms with van der Waals surface area (Å²) in [6.45, 7) is 4.28. The van der Waals surface area contributed by atoms with E-state index in [1.807, 2.05) is 0 Å². The minimum absolute atomic E-state index is 0.897. The van der Waals surface area contributed by atoms with Crippen LogP contribution in [0.25, 0.3) is 0 Å². The molecule has 0 aliphatic carbocycles. The van der Waals surface area contributed by atoms with Crippen molar-refractivity contribution in [2.24, 2.45) is 0 Å². The molecule has 110 valence electrons. The van der Waals surface area contributed by atoms with E-state index in [9.17, 15) is 0 Å². The number of benzene rings is 2. The molecule has 1 aliphatic heterocycles. The maximum Gasteiger partial charge on any atom is 0.0401 e. The van der Waals surface area contributed by atoms with Crippen LogP contribution in [0.4, 0.5) is 11.4 Å². The smallest absolute Gasteiger partial charge is 0.0401 e. The zero-order valence-corrected chi connectivity index (χ0v) is 13.0. The second kappa shape index (κ2) is 6.21. The third-order valence-corrected chi connectivity index (χ3v) is 4.38. The quantitative estimate of drug-likeness (QED) is 0.901. The molecule has 1 aliphatic rings. The molecule has 0 atom stereocenters. The Morgan fingerprint density at radius 2 is 2.00 bits per heavy atom. The van der Waals surface area contributed by atoms with E-state index < -0.39 is 0 Å². The Balaban J connectivity index is 1.74. The molecule has 0 amide bonds. The molecule has 1 N–H and O–H groups in total. The fraction of sp³-hybridized carbons (Fsp3) is 0.368. The van der Waals surface area contributed by atoms with Gasteiger partial charge in [0.1, 0.15) is 0 Å². The Hall–Kier alpha value is -1.96. The molecule has 2 nitrogen and oxygen atoms in total. The Morgan fingerprint density at radius 1 is 1.14 bits per heavy atom. The molecule has 2 heteroatoms. The molecular weight excluding hydrogens is 256 g/mol. The summed E-state index contributed by atoms with van der Waals surface area (Å²) in [6, 6.07) is 15.5. The minimum atomic E-state index is 0.897. The number of hydrogen-bond acceptors (Lipinski definition) is 2. The maximum atomic E-state index is 3.58. The van der Waals surface area contributed by atoms with E-state index in [0.717, 1.165) is 13.0 Å². The lowest BCUT2D eigenvalue weighted by Crippen LogP contribution is -2.24. The molecule has 0 unspecified atom stereocenters. The molecule has 0 aromatic heterocycles. The van der Waals surface area contributed by atoms with E-state index in [4.69, 9.17) is 0 Å². The van der Waals surface area contributed by atoms with Crippen LogP contribution in [0.3, 0.4) is 0 Å². The van der Waals surface area contributed by atoms with Crippen LogP contribution in [-0.4, -0.2) is 13.6 Å². The molecule has 3 rings (SSSR count). The van der Waals surface area contributed by atoms with Crippen LogP contribution in [0, 0.1) is 0 Å². The van der Waals surface area contributed by atoms with Gasteiger partial charge in [-0.25, -0.2) is 0 Å². The van der Waals surface area contributed by atoms with Gasteiger partial charge in [0, 0.05) is 31.5 Å². The van der Waals surface area contributed by atoms with Crippen LogP contribution in [0.1, 0.15) is 30.0 Å². The van der Waals surface area contributed by atoms with Crippen molar-refractivity contribution in [2.75, 3.05) is 23.8 Å². The lowest BCUT2D eigenvalue weighted by Gasteiger charge is -2.28. The van der Waals surface area contributed by atoms with Crippen molar-refractivity contribution < 1.29 is 0 Å². The van der Waals surface area contributed by atoms with Crippen molar-refractivity contribution in [3.05, 3.63) is 59.2 Å². The van der Waals surface area contributed by atoms with Crippen LogP contribution in [0.15, 0.2) is 42.5 Å². The van der Waals surface area contributed by atoms with Gasteiger partial charge in [-0.1, -0.05) is 37.3 Å². The van der Waals surface area contributed by atoms with E-state index in [1.165, 1.54) is 47.5 Å². The number of rotatable bonds is 4. The van der Waals surface area contributed by atoms with Gasteiger partial charge in [-0.2, -0.15) is 0 Å². The van der Waals surface area contributed by atoms with Gasteiger partial charge < -0.3 is 10.2 Å². The third kappa shape index (κ3) is 3.05. The van der Waals surface area contributed by atoms with Crippen LogP contribution < -0.4 is 10.2 Å². The van der Waals surface area contributed by atoms with Gasteiger partial charge in [0.2, 0.25) is 0 Å². The van der Waals surface area contributed by atoms with E-state index in [-0.39, 0.29) is 0 Å². The normalized spacial score (nSPS) is 13.9. The highest BCUT2D eigenvalue weighted by Gasteiger charge is 2.13. The first-order valence-corrected chi connectivity index (χ1v) is 7.92. The van der Waals surface area contributed by atoms with Crippen LogP contribution >= 0.6 is 0 Å². The lowest BCUT2D eigenvalue weighted by molar-refractivity contribution is 0.743. The third-order valence-electron chi connectivity index (χ3n) is 4.38. The summed E-state index contributed by atoms with van der Waals surface area (Å²) in [7, 11) is 2.19. The highest BCUT2D eigenvalue weighted by molar-refractivity contribution is 5.57. The molecule has 0 radical (unpaired) electrons. The van der Waals surface area contributed by atoms with Gasteiger partial charge in [0.15, 0.2) is 0 Å². The zero-order valence-electron chi connectivity index (χ0n) is 13.0. The van der Waals surface area contributed by atoms with E-state index in [1.54, 1.807) is 0 Å². The zero-order chi connectivity index (χ0) is 14.7. The molecule has 0 bridgehead atoms. The summed E-state index contributed by atoms with van der Waals surface area (Å²) in [5.74, 6) is 0. The predicted octanol–water partition coefficient (Wildman–Crippen LogP) is 4.24. The number of anilines is 2. The maximum absolute atomic E-state index is 3.58. The predicted molar refractivity (Wildman–Crippen MR) is 91.2 cm³/mol. The molecule has 2 aromatic rings. The molecule has 0 spiro atoms. The number of fused-ring (bicyclic) bond motifs is 1. The van der Waals surface area contributed by atoms with Gasteiger partial charge in [-0.15, -0.1) is 0 Å². The number of hydrogen-bond donors (Lipinski definition) is 1. The average Bonchev–Trinajstić information content (AvgIpc) is 2.53. The molecular formula is C19H24N2. The molecule has 0 saturated carbocycles. The SMILES string of the molecule is CCc1ccccc1NCc1ccc2c(c1)CCCN2C. The summed E-state index contributed by atoms with van der Waals surface area (Å²) in [6.07, 6.45) is 3.54. The van der Waals surface area contributed by atoms with Gasteiger partial charge >= 0.3 is 0 Å². The first-order valence-electron chi connectivity index (χ1n) is 7.92. The second-order valence-electron chi connectivity index (χ2n) is 5.85. The van der Waals surface area contributed by atoms with Crippen LogP contribution in [-0.2, 0) is 19.4 Å². The molecule has 2 aromatic carbocycles. The first-order chi connectivity index (χ1) is 10.3. The highest BCUT2D eigenvalue weighted by Crippen LogP contribution is 2.27. The van der Waals surface area contributed by atoms with Gasteiger partial charge in [0.05, 0.1) is 0 Å². The second-order valence-corrected chi connectivity index (χ2v) is 5.85. The number of nitrogens with one attached hydrogen (secondary N) is 1. The number of nitrogens with zero attached hydrogens (tertiary/aromatic N) is 1. The Bertz CT molecular complexity index is 619. The largest absolute Gasteiger partial charge is 0.381 e. The molecule has 0 saturated heterocycles. The number of aryl methyl sites for hydroxylation is 2. The minimum Gasteiger partial charge on any atom is -0.381 e. The molecule has 21 heavy (non-hydrogen) atoms. The summed E-state index contributed by atoms with van der Waals surface area (Å²) < 4.78 is 0. The number of para-hydroxylation sites is 1. The fourth-order valence-corrected chi connectivity index (χ4v) is 3.15. The highest BCUT2D eigenvalue weighted by atomic mass is 15.1. The fourth-order valence-electron chi connectivity index (χ4n) is 3.15. The standard InChI is InChI=1S/C19H24N2/c1-3-16-7-4-5-9-18(16)20-14-15-10-11-19-17(13-15)8-6-12-21(19)2/h4-5,7,9-11,13,20H,3,6,8,12,14H2,1-2H3. The van der Waals surface area contributed by atoms with Crippen molar-refractivity contribution in [3.8, 4) is 0 Å². The topological polar surface area (TPSA) is 15.3 Å².